The number of rotatable bonds is 7. The van der Waals surface area contributed by atoms with Gasteiger partial charge in [-0.05, 0) is 25.2 Å². The first-order valence-corrected chi connectivity index (χ1v) is 8.10. The molecular formula is C16H22ClN3O3S. The fraction of sp³-hybridized carbons (Fsp3) is 0.375. The predicted molar refractivity (Wildman–Crippen MR) is 99.6 cm³/mol. The van der Waals surface area contributed by atoms with Crippen molar-refractivity contribution in [1.82, 2.24) is 10.3 Å². The number of halogens is 1. The van der Waals surface area contributed by atoms with Crippen molar-refractivity contribution >= 4 is 34.8 Å². The standard InChI is InChI=1S/C16H21N3O3S.ClH/c1-10(8-17-2)15(20)19-16-18-12(9-23-16)11-5-6-13(21-3)14(7-11)22-4;/h5-7,9-10,17H,8H2,1-4H3,(H,18,19,20);1H. The first-order valence-electron chi connectivity index (χ1n) is 7.22. The molecule has 132 valence electrons. The van der Waals surface area contributed by atoms with Crippen molar-refractivity contribution in [2.24, 2.45) is 5.92 Å². The number of nitrogens with one attached hydrogen (secondary N) is 2. The van der Waals surface area contributed by atoms with Crippen LogP contribution in [0.4, 0.5) is 5.13 Å². The Balaban J connectivity index is 0.00000288. The number of amides is 1. The molecule has 1 atom stereocenters. The number of carbonyl (C=O) groups is 1. The number of anilines is 1. The fourth-order valence-electron chi connectivity index (χ4n) is 2.09. The van der Waals surface area contributed by atoms with Crippen molar-refractivity contribution in [2.45, 2.75) is 6.92 Å². The highest BCUT2D eigenvalue weighted by Gasteiger charge is 2.15. The van der Waals surface area contributed by atoms with E-state index in [0.717, 1.165) is 11.3 Å². The molecule has 0 spiro atoms. The van der Waals surface area contributed by atoms with E-state index < -0.39 is 0 Å². The van der Waals surface area contributed by atoms with Gasteiger partial charge in [0.15, 0.2) is 16.6 Å². The fourth-order valence-corrected chi connectivity index (χ4v) is 2.81. The lowest BCUT2D eigenvalue weighted by atomic mass is 10.1. The van der Waals surface area contributed by atoms with Crippen LogP contribution in [-0.4, -0.2) is 38.7 Å². The summed E-state index contributed by atoms with van der Waals surface area (Å²) in [5.74, 6) is 1.15. The van der Waals surface area contributed by atoms with Gasteiger partial charge in [0.25, 0.3) is 0 Å². The zero-order valence-corrected chi connectivity index (χ0v) is 15.7. The lowest BCUT2D eigenvalue weighted by molar-refractivity contribution is -0.119. The third-order valence-electron chi connectivity index (χ3n) is 3.37. The summed E-state index contributed by atoms with van der Waals surface area (Å²) < 4.78 is 10.5. The quantitative estimate of drug-likeness (QED) is 0.782. The minimum Gasteiger partial charge on any atom is -0.493 e. The Kier molecular flexibility index (Phi) is 7.97. The molecule has 0 aliphatic heterocycles. The molecule has 1 amide bonds. The van der Waals surface area contributed by atoms with Crippen molar-refractivity contribution in [1.29, 1.82) is 0 Å². The second-order valence-electron chi connectivity index (χ2n) is 5.06. The number of carbonyl (C=O) groups excluding carboxylic acids is 1. The van der Waals surface area contributed by atoms with Crippen LogP contribution in [0.2, 0.25) is 0 Å². The van der Waals surface area contributed by atoms with E-state index in [-0.39, 0.29) is 24.2 Å². The first-order chi connectivity index (χ1) is 11.1. The van der Waals surface area contributed by atoms with Crippen LogP contribution in [0.1, 0.15) is 6.92 Å². The second-order valence-corrected chi connectivity index (χ2v) is 5.91. The maximum Gasteiger partial charge on any atom is 0.230 e. The van der Waals surface area contributed by atoms with Crippen LogP contribution in [0.25, 0.3) is 11.3 Å². The molecule has 8 heteroatoms. The van der Waals surface area contributed by atoms with Gasteiger partial charge in [-0.3, -0.25) is 4.79 Å². The van der Waals surface area contributed by atoms with Gasteiger partial charge < -0.3 is 20.1 Å². The van der Waals surface area contributed by atoms with Gasteiger partial charge in [0, 0.05) is 23.4 Å². The monoisotopic (exact) mass is 371 g/mol. The van der Waals surface area contributed by atoms with E-state index in [0.29, 0.717) is 23.2 Å². The lowest BCUT2D eigenvalue weighted by Crippen LogP contribution is -2.28. The molecule has 1 aromatic carbocycles. The van der Waals surface area contributed by atoms with Crippen LogP contribution in [0.15, 0.2) is 23.6 Å². The molecule has 1 aromatic heterocycles. The molecule has 1 heterocycles. The number of ether oxygens (including phenoxy) is 2. The number of methoxy groups -OCH3 is 2. The van der Waals surface area contributed by atoms with Gasteiger partial charge in [0.1, 0.15) is 0 Å². The van der Waals surface area contributed by atoms with E-state index in [2.05, 4.69) is 15.6 Å². The van der Waals surface area contributed by atoms with Gasteiger partial charge >= 0.3 is 0 Å². The van der Waals surface area contributed by atoms with E-state index in [1.165, 1.54) is 11.3 Å². The average molecular weight is 372 g/mol. The van der Waals surface area contributed by atoms with Crippen LogP contribution in [0.3, 0.4) is 0 Å². The normalized spacial score (nSPS) is 11.3. The zero-order chi connectivity index (χ0) is 16.8. The molecule has 6 nitrogen and oxygen atoms in total. The Morgan fingerprint density at radius 2 is 2.00 bits per heavy atom. The molecule has 0 bridgehead atoms. The third-order valence-corrected chi connectivity index (χ3v) is 4.13. The van der Waals surface area contributed by atoms with Crippen molar-refractivity contribution in [2.75, 3.05) is 33.1 Å². The summed E-state index contributed by atoms with van der Waals surface area (Å²) in [7, 11) is 5.01. The van der Waals surface area contributed by atoms with Crippen LogP contribution in [0, 0.1) is 5.92 Å². The van der Waals surface area contributed by atoms with Gasteiger partial charge in [-0.1, -0.05) is 6.92 Å². The Morgan fingerprint density at radius 1 is 1.29 bits per heavy atom. The smallest absolute Gasteiger partial charge is 0.230 e. The Hall–Kier alpha value is -1.83. The van der Waals surface area contributed by atoms with Crippen molar-refractivity contribution in [3.63, 3.8) is 0 Å². The SMILES string of the molecule is CNCC(C)C(=O)Nc1nc(-c2ccc(OC)c(OC)c2)cs1.Cl. The molecule has 0 saturated carbocycles. The van der Waals surface area contributed by atoms with E-state index in [4.69, 9.17) is 9.47 Å². The molecule has 0 aliphatic rings. The van der Waals surface area contributed by atoms with Crippen LogP contribution in [0.5, 0.6) is 11.5 Å². The molecule has 2 rings (SSSR count). The largest absolute Gasteiger partial charge is 0.493 e. The molecule has 0 saturated heterocycles. The summed E-state index contributed by atoms with van der Waals surface area (Å²) in [6.45, 7) is 2.49. The van der Waals surface area contributed by atoms with Gasteiger partial charge in [-0.15, -0.1) is 23.7 Å². The molecular weight excluding hydrogens is 350 g/mol. The Morgan fingerprint density at radius 3 is 2.62 bits per heavy atom. The topological polar surface area (TPSA) is 72.5 Å². The van der Waals surface area contributed by atoms with E-state index >= 15 is 0 Å². The minimum absolute atomic E-state index is 0. The van der Waals surface area contributed by atoms with Crippen molar-refractivity contribution in [3.05, 3.63) is 23.6 Å². The third kappa shape index (κ3) is 4.83. The van der Waals surface area contributed by atoms with Crippen LogP contribution >= 0.6 is 23.7 Å². The van der Waals surface area contributed by atoms with E-state index in [1.807, 2.05) is 37.6 Å². The second kappa shape index (κ2) is 9.46. The van der Waals surface area contributed by atoms with E-state index in [1.54, 1.807) is 14.2 Å². The summed E-state index contributed by atoms with van der Waals surface area (Å²) >= 11 is 1.40. The van der Waals surface area contributed by atoms with Crippen molar-refractivity contribution in [3.8, 4) is 22.8 Å². The highest BCUT2D eigenvalue weighted by Crippen LogP contribution is 2.33. The summed E-state index contributed by atoms with van der Waals surface area (Å²) in [5.41, 5.74) is 1.69. The van der Waals surface area contributed by atoms with Gasteiger partial charge in [-0.2, -0.15) is 0 Å². The zero-order valence-electron chi connectivity index (χ0n) is 14.1. The summed E-state index contributed by atoms with van der Waals surface area (Å²) in [6.07, 6.45) is 0. The summed E-state index contributed by atoms with van der Waals surface area (Å²) in [4.78, 5) is 16.5. The Bertz CT molecular complexity index is 678. The van der Waals surface area contributed by atoms with Crippen LogP contribution in [-0.2, 0) is 4.79 Å². The number of aromatic nitrogens is 1. The first kappa shape index (κ1) is 20.2. The number of thiazole rings is 1. The van der Waals surface area contributed by atoms with Gasteiger partial charge in [0.2, 0.25) is 5.91 Å². The van der Waals surface area contributed by atoms with Crippen LogP contribution < -0.4 is 20.1 Å². The van der Waals surface area contributed by atoms with Crippen molar-refractivity contribution < 1.29 is 14.3 Å². The van der Waals surface area contributed by atoms with Gasteiger partial charge in [-0.25, -0.2) is 4.98 Å². The summed E-state index contributed by atoms with van der Waals surface area (Å²) in [6, 6.07) is 5.61. The number of benzene rings is 1. The maximum atomic E-state index is 12.0. The lowest BCUT2D eigenvalue weighted by Gasteiger charge is -2.09. The van der Waals surface area contributed by atoms with E-state index in [9.17, 15) is 4.79 Å². The molecule has 2 N–H and O–H groups in total. The number of hydrogen-bond donors (Lipinski definition) is 2. The average Bonchev–Trinajstić information content (AvgIpc) is 3.02. The highest BCUT2D eigenvalue weighted by atomic mass is 35.5. The highest BCUT2D eigenvalue weighted by molar-refractivity contribution is 7.14. The maximum absolute atomic E-state index is 12.0. The number of nitrogens with zero attached hydrogens (tertiary/aromatic N) is 1. The molecule has 24 heavy (non-hydrogen) atoms. The Labute approximate surface area is 152 Å². The molecule has 2 aromatic rings. The summed E-state index contributed by atoms with van der Waals surface area (Å²) in [5, 5.41) is 8.31. The number of hydrogen-bond acceptors (Lipinski definition) is 6. The molecule has 0 aliphatic carbocycles. The molecule has 1 unspecified atom stereocenters. The molecule has 0 fully saturated rings. The minimum atomic E-state index is -0.117. The predicted octanol–water partition coefficient (Wildman–Crippen LogP) is 3.04. The molecule has 0 radical (unpaired) electrons. The van der Waals surface area contributed by atoms with Gasteiger partial charge in [0.05, 0.1) is 19.9 Å².